The van der Waals surface area contributed by atoms with Crippen molar-refractivity contribution in [3.05, 3.63) is 29.8 Å². The first kappa shape index (κ1) is 22.9. The van der Waals surface area contributed by atoms with Gasteiger partial charge in [0.1, 0.15) is 11.6 Å². The van der Waals surface area contributed by atoms with Gasteiger partial charge in [-0.15, -0.1) is 0 Å². The molecule has 0 saturated heterocycles. The highest BCUT2D eigenvalue weighted by molar-refractivity contribution is 7.89. The van der Waals surface area contributed by atoms with Crippen LogP contribution in [0.3, 0.4) is 0 Å². The maximum absolute atomic E-state index is 12.1. The molecule has 0 aliphatic heterocycles. The number of carbonyl (C=O) groups is 2. The van der Waals surface area contributed by atoms with Crippen LogP contribution < -0.4 is 10.0 Å². The van der Waals surface area contributed by atoms with Gasteiger partial charge in [-0.3, -0.25) is 0 Å². The maximum atomic E-state index is 12.1. The largest absolute Gasteiger partial charge is 0.480 e. The van der Waals surface area contributed by atoms with Crippen molar-refractivity contribution in [2.75, 3.05) is 6.54 Å². The maximum Gasteiger partial charge on any atom is 0.408 e. The van der Waals surface area contributed by atoms with E-state index in [0.29, 0.717) is 12.8 Å². The Morgan fingerprint density at radius 3 is 2.26 bits per heavy atom. The molecule has 9 heteroatoms. The average Bonchev–Trinajstić information content (AvgIpc) is 2.51. The van der Waals surface area contributed by atoms with Crippen molar-refractivity contribution in [2.24, 2.45) is 0 Å². The Kier molecular flexibility index (Phi) is 8.23. The number of sulfonamides is 1. The summed E-state index contributed by atoms with van der Waals surface area (Å²) in [5.74, 6) is -1.17. The van der Waals surface area contributed by atoms with Gasteiger partial charge in [-0.2, -0.15) is 0 Å². The van der Waals surface area contributed by atoms with E-state index in [0.717, 1.165) is 5.56 Å². The van der Waals surface area contributed by atoms with Crippen LogP contribution in [0.15, 0.2) is 29.2 Å². The number of aryl methyl sites for hydroxylation is 1. The Bertz CT molecular complexity index is 738. The van der Waals surface area contributed by atoms with Crippen molar-refractivity contribution in [1.29, 1.82) is 0 Å². The van der Waals surface area contributed by atoms with Crippen molar-refractivity contribution in [3.63, 3.8) is 0 Å². The molecule has 3 N–H and O–H groups in total. The van der Waals surface area contributed by atoms with Crippen LogP contribution in [0.5, 0.6) is 0 Å². The molecule has 152 valence electrons. The molecule has 0 heterocycles. The number of nitrogens with one attached hydrogen (secondary N) is 2. The van der Waals surface area contributed by atoms with Gasteiger partial charge in [0.25, 0.3) is 0 Å². The molecule has 1 amide bonds. The SMILES string of the molecule is Cc1ccc(S(=O)(=O)NCCCC[C@@H](NC(=O)OC(C)(C)C)C(=O)O)cc1. The second kappa shape index (κ2) is 9.70. The van der Waals surface area contributed by atoms with Crippen LogP contribution in [-0.4, -0.2) is 43.8 Å². The fraction of sp³-hybridized carbons (Fsp3) is 0.556. The minimum absolute atomic E-state index is 0.167. The molecular formula is C18H28N2O6S. The average molecular weight is 400 g/mol. The highest BCUT2D eigenvalue weighted by Crippen LogP contribution is 2.11. The number of carboxylic acid groups (broad SMARTS) is 1. The van der Waals surface area contributed by atoms with Crippen LogP contribution >= 0.6 is 0 Å². The van der Waals surface area contributed by atoms with E-state index >= 15 is 0 Å². The first-order valence-electron chi connectivity index (χ1n) is 8.69. The van der Waals surface area contributed by atoms with Gasteiger partial charge in [0, 0.05) is 6.54 Å². The molecule has 0 radical (unpaired) electrons. The number of alkyl carbamates (subject to hydrolysis) is 1. The number of carbonyl (C=O) groups excluding carboxylic acids is 1. The Morgan fingerprint density at radius 1 is 1.15 bits per heavy atom. The van der Waals surface area contributed by atoms with E-state index in [4.69, 9.17) is 4.74 Å². The van der Waals surface area contributed by atoms with Crippen LogP contribution in [-0.2, 0) is 19.6 Å². The zero-order valence-corrected chi connectivity index (χ0v) is 16.9. The van der Waals surface area contributed by atoms with Gasteiger partial charge >= 0.3 is 12.1 Å². The van der Waals surface area contributed by atoms with Gasteiger partial charge in [0.15, 0.2) is 0 Å². The Balaban J connectivity index is 2.42. The van der Waals surface area contributed by atoms with Crippen LogP contribution in [0.1, 0.15) is 45.6 Å². The van der Waals surface area contributed by atoms with Crippen LogP contribution in [0.25, 0.3) is 0 Å². The number of rotatable bonds is 9. The van der Waals surface area contributed by atoms with E-state index in [-0.39, 0.29) is 17.9 Å². The van der Waals surface area contributed by atoms with Gasteiger partial charge in [-0.05, 0) is 59.1 Å². The smallest absolute Gasteiger partial charge is 0.408 e. The van der Waals surface area contributed by atoms with Crippen LogP contribution in [0, 0.1) is 6.92 Å². The standard InChI is InChI=1S/C18H28N2O6S/c1-13-8-10-14(11-9-13)27(24,25)19-12-6-5-7-15(16(21)22)20-17(23)26-18(2,3)4/h8-11,15,19H,5-7,12H2,1-4H3,(H,20,23)(H,21,22)/t15-/m1/s1. The number of hydrogen-bond acceptors (Lipinski definition) is 5. The third-order valence-electron chi connectivity index (χ3n) is 3.53. The molecule has 0 bridgehead atoms. The summed E-state index contributed by atoms with van der Waals surface area (Å²) in [7, 11) is -3.59. The zero-order valence-electron chi connectivity index (χ0n) is 16.1. The van der Waals surface area contributed by atoms with Crippen LogP contribution in [0.2, 0.25) is 0 Å². The third kappa shape index (κ3) is 8.87. The van der Waals surface area contributed by atoms with E-state index in [1.54, 1.807) is 32.9 Å². The lowest BCUT2D eigenvalue weighted by Crippen LogP contribution is -2.43. The molecule has 1 aromatic rings. The topological polar surface area (TPSA) is 122 Å². The van der Waals surface area contributed by atoms with Crippen molar-refractivity contribution < 1.29 is 27.9 Å². The summed E-state index contributed by atoms with van der Waals surface area (Å²) in [6, 6.07) is 5.41. The van der Waals surface area contributed by atoms with E-state index in [1.165, 1.54) is 12.1 Å². The molecule has 8 nitrogen and oxygen atoms in total. The second-order valence-electron chi connectivity index (χ2n) is 7.24. The number of benzene rings is 1. The molecule has 0 fully saturated rings. The number of ether oxygens (including phenoxy) is 1. The van der Waals surface area contributed by atoms with E-state index in [1.807, 2.05) is 6.92 Å². The molecule has 0 spiro atoms. The third-order valence-corrected chi connectivity index (χ3v) is 5.01. The lowest BCUT2D eigenvalue weighted by molar-refractivity contribution is -0.139. The van der Waals surface area contributed by atoms with Crippen molar-refractivity contribution >= 4 is 22.1 Å². The van der Waals surface area contributed by atoms with E-state index in [9.17, 15) is 23.1 Å². The van der Waals surface area contributed by atoms with Crippen molar-refractivity contribution in [3.8, 4) is 0 Å². The highest BCUT2D eigenvalue weighted by Gasteiger charge is 2.23. The predicted octanol–water partition coefficient (Wildman–Crippen LogP) is 2.42. The van der Waals surface area contributed by atoms with Crippen molar-refractivity contribution in [2.45, 2.75) is 63.5 Å². The van der Waals surface area contributed by atoms with Gasteiger partial charge in [-0.25, -0.2) is 22.7 Å². The minimum Gasteiger partial charge on any atom is -0.480 e. The Labute approximate surface area is 160 Å². The molecule has 0 saturated carbocycles. The van der Waals surface area contributed by atoms with Gasteiger partial charge in [0.05, 0.1) is 4.90 Å². The normalized spacial score (nSPS) is 13.0. The quantitative estimate of drug-likeness (QED) is 0.547. The lowest BCUT2D eigenvalue weighted by Gasteiger charge is -2.22. The summed E-state index contributed by atoms with van der Waals surface area (Å²) in [5, 5.41) is 11.5. The van der Waals surface area contributed by atoms with Crippen LogP contribution in [0.4, 0.5) is 4.79 Å². The first-order chi connectivity index (χ1) is 12.4. The molecule has 1 rings (SSSR count). The fourth-order valence-electron chi connectivity index (χ4n) is 2.19. The molecular weight excluding hydrogens is 372 g/mol. The first-order valence-corrected chi connectivity index (χ1v) is 10.2. The molecule has 1 atom stereocenters. The monoisotopic (exact) mass is 400 g/mol. The molecule has 0 aliphatic rings. The Morgan fingerprint density at radius 2 is 1.74 bits per heavy atom. The second-order valence-corrected chi connectivity index (χ2v) is 9.01. The molecule has 0 aliphatic carbocycles. The molecule has 1 aromatic carbocycles. The molecule has 27 heavy (non-hydrogen) atoms. The molecule has 0 aromatic heterocycles. The predicted molar refractivity (Wildman–Crippen MR) is 101 cm³/mol. The summed E-state index contributed by atoms with van der Waals surface area (Å²) >= 11 is 0. The minimum atomic E-state index is -3.59. The lowest BCUT2D eigenvalue weighted by atomic mass is 10.1. The number of hydrogen-bond donors (Lipinski definition) is 3. The van der Waals surface area contributed by atoms with Crippen molar-refractivity contribution in [1.82, 2.24) is 10.0 Å². The summed E-state index contributed by atoms with van der Waals surface area (Å²) in [4.78, 5) is 23.1. The number of amides is 1. The number of aliphatic carboxylic acids is 1. The number of unbranched alkanes of at least 4 members (excludes halogenated alkanes) is 1. The van der Waals surface area contributed by atoms with Gasteiger partial charge in [-0.1, -0.05) is 17.7 Å². The van der Waals surface area contributed by atoms with Gasteiger partial charge in [0.2, 0.25) is 10.0 Å². The fourth-order valence-corrected chi connectivity index (χ4v) is 3.26. The molecule has 0 unspecified atom stereocenters. The number of carboxylic acids is 1. The summed E-state index contributed by atoms with van der Waals surface area (Å²) in [6.07, 6.45) is 0.226. The summed E-state index contributed by atoms with van der Waals surface area (Å²) in [5.41, 5.74) is 0.243. The summed E-state index contributed by atoms with van der Waals surface area (Å²) in [6.45, 7) is 7.09. The van der Waals surface area contributed by atoms with Gasteiger partial charge < -0.3 is 15.2 Å². The van der Waals surface area contributed by atoms with E-state index in [2.05, 4.69) is 10.0 Å². The zero-order chi connectivity index (χ0) is 20.7. The Hall–Kier alpha value is -2.13. The summed E-state index contributed by atoms with van der Waals surface area (Å²) < 4.78 is 31.8. The van der Waals surface area contributed by atoms with E-state index < -0.39 is 33.7 Å². The highest BCUT2D eigenvalue weighted by atomic mass is 32.2.